The van der Waals surface area contributed by atoms with E-state index in [4.69, 9.17) is 10.8 Å². The second-order valence-electron chi connectivity index (χ2n) is 14.4. The summed E-state index contributed by atoms with van der Waals surface area (Å²) in [6, 6.07) is 23.9. The molecular formula is C44H52N14O3. The average Bonchev–Trinajstić information content (AvgIpc) is 4.10. The third-order valence-electron chi connectivity index (χ3n) is 10.3. The number of aryl methyl sites for hydroxylation is 2. The third kappa shape index (κ3) is 9.57. The Hall–Kier alpha value is -7.40. The molecule has 1 amide bonds. The number of nitrogens with two attached hydrogens (primary N) is 1. The van der Waals surface area contributed by atoms with Gasteiger partial charge < -0.3 is 34.8 Å². The lowest BCUT2D eigenvalue weighted by atomic mass is 10.2. The van der Waals surface area contributed by atoms with Crippen molar-refractivity contribution >= 4 is 34.5 Å². The van der Waals surface area contributed by atoms with Gasteiger partial charge in [0.15, 0.2) is 11.6 Å². The van der Waals surface area contributed by atoms with Crippen LogP contribution in [0, 0.1) is 13.8 Å². The molecule has 0 radical (unpaired) electrons. The van der Waals surface area contributed by atoms with Gasteiger partial charge in [-0.15, -0.1) is 10.2 Å². The Balaban J connectivity index is 0.000000165. The molecule has 17 nitrogen and oxygen atoms in total. The molecule has 2 aliphatic rings. The summed E-state index contributed by atoms with van der Waals surface area (Å²) in [4.78, 5) is 44.6. The van der Waals surface area contributed by atoms with Gasteiger partial charge >= 0.3 is 5.97 Å². The molecule has 0 bridgehead atoms. The van der Waals surface area contributed by atoms with Gasteiger partial charge in [0.1, 0.15) is 12.7 Å². The van der Waals surface area contributed by atoms with Crippen LogP contribution in [0.4, 0.5) is 11.6 Å². The molecule has 2 saturated heterocycles. The first-order valence-corrected chi connectivity index (χ1v) is 19.3. The van der Waals surface area contributed by atoms with E-state index in [1.54, 1.807) is 17.2 Å². The fourth-order valence-electron chi connectivity index (χ4n) is 7.30. The SMILES string of the molecule is C.C.Cc1ccccc1-n1cnc(C(=O)N[C@H]2CCN(c3nccn4cccc34)C2)n1.Cc1ccccc1-n1cnc(C(=O)O)n1.N[C@H]1CCN(c2nccn3cccc23)C1. The number of fused-ring (bicyclic) bond motifs is 2. The summed E-state index contributed by atoms with van der Waals surface area (Å²) in [5.74, 6) is 0.601. The number of anilines is 2. The highest BCUT2D eigenvalue weighted by molar-refractivity contribution is 5.90. The third-order valence-corrected chi connectivity index (χ3v) is 10.3. The van der Waals surface area contributed by atoms with Crippen molar-refractivity contribution in [2.45, 2.75) is 53.6 Å². The highest BCUT2D eigenvalue weighted by atomic mass is 16.4. The van der Waals surface area contributed by atoms with E-state index in [0.717, 1.165) is 77.6 Å². The van der Waals surface area contributed by atoms with Crippen molar-refractivity contribution in [3.05, 3.63) is 145 Å². The van der Waals surface area contributed by atoms with Crippen molar-refractivity contribution in [3.63, 3.8) is 0 Å². The maximum Gasteiger partial charge on any atom is 0.375 e. The van der Waals surface area contributed by atoms with Crippen LogP contribution in [0.5, 0.6) is 0 Å². The molecule has 0 saturated carbocycles. The molecule has 2 fully saturated rings. The van der Waals surface area contributed by atoms with Crippen molar-refractivity contribution in [1.82, 2.24) is 53.6 Å². The minimum Gasteiger partial charge on any atom is -0.475 e. The number of benzene rings is 2. The number of rotatable bonds is 7. The van der Waals surface area contributed by atoms with Crippen LogP contribution < -0.4 is 20.9 Å². The molecule has 2 aliphatic heterocycles. The first-order chi connectivity index (χ1) is 28.7. The number of hydrogen-bond acceptors (Lipinski definition) is 11. The van der Waals surface area contributed by atoms with Gasteiger partial charge in [-0.1, -0.05) is 51.3 Å². The molecule has 316 valence electrons. The maximum atomic E-state index is 12.7. The largest absolute Gasteiger partial charge is 0.475 e. The van der Waals surface area contributed by atoms with Gasteiger partial charge in [0.25, 0.3) is 11.7 Å². The molecule has 61 heavy (non-hydrogen) atoms. The number of aromatic carboxylic acids is 1. The molecule has 17 heteroatoms. The number of hydrogen-bond donors (Lipinski definition) is 3. The molecular weight excluding hydrogens is 773 g/mol. The zero-order valence-corrected chi connectivity index (χ0v) is 32.7. The Kier molecular flexibility index (Phi) is 13.5. The predicted octanol–water partition coefficient (Wildman–Crippen LogP) is 5.65. The van der Waals surface area contributed by atoms with Gasteiger partial charge in [-0.2, -0.15) is 0 Å². The number of carboxylic acids is 1. The number of aromatic nitrogens is 10. The summed E-state index contributed by atoms with van der Waals surface area (Å²) in [6.45, 7) is 7.41. The fraction of sp³-hybridized carbons (Fsp3) is 0.273. The quantitative estimate of drug-likeness (QED) is 0.179. The molecule has 0 unspecified atom stereocenters. The summed E-state index contributed by atoms with van der Waals surface area (Å²) in [5, 5.41) is 19.9. The van der Waals surface area contributed by atoms with E-state index in [2.05, 4.69) is 66.2 Å². The van der Waals surface area contributed by atoms with E-state index >= 15 is 0 Å². The van der Waals surface area contributed by atoms with Crippen LogP contribution in [0.15, 0.2) is 123 Å². The van der Waals surface area contributed by atoms with Gasteiger partial charge in [0.2, 0.25) is 5.82 Å². The first kappa shape index (κ1) is 43.2. The Bertz CT molecular complexity index is 2720. The summed E-state index contributed by atoms with van der Waals surface area (Å²) in [5.41, 5.74) is 12.0. The summed E-state index contributed by atoms with van der Waals surface area (Å²) in [6.07, 6.45) is 16.5. The Morgan fingerprint density at radius 1 is 0.656 bits per heavy atom. The molecule has 2 aromatic carbocycles. The lowest BCUT2D eigenvalue weighted by molar-refractivity contribution is 0.0683. The van der Waals surface area contributed by atoms with Crippen LogP contribution >= 0.6 is 0 Å². The van der Waals surface area contributed by atoms with Gasteiger partial charge in [-0.3, -0.25) is 4.79 Å². The highest BCUT2D eigenvalue weighted by Gasteiger charge is 2.27. The molecule has 8 heterocycles. The normalized spacial score (nSPS) is 15.6. The molecule has 4 N–H and O–H groups in total. The van der Waals surface area contributed by atoms with Crippen molar-refractivity contribution in [1.29, 1.82) is 0 Å². The van der Waals surface area contributed by atoms with E-state index in [1.807, 2.05) is 105 Å². The van der Waals surface area contributed by atoms with Crippen LogP contribution in [0.1, 0.15) is 60.1 Å². The fourth-order valence-corrected chi connectivity index (χ4v) is 7.30. The predicted molar refractivity (Wildman–Crippen MR) is 236 cm³/mol. The summed E-state index contributed by atoms with van der Waals surface area (Å²) < 4.78 is 7.24. The van der Waals surface area contributed by atoms with Crippen molar-refractivity contribution in [2.24, 2.45) is 5.73 Å². The number of para-hydroxylation sites is 2. The number of carboxylic acid groups (broad SMARTS) is 1. The van der Waals surface area contributed by atoms with Gasteiger partial charge in [0, 0.05) is 75.4 Å². The Morgan fingerprint density at radius 2 is 1.16 bits per heavy atom. The Morgan fingerprint density at radius 3 is 1.67 bits per heavy atom. The molecule has 0 aliphatic carbocycles. The van der Waals surface area contributed by atoms with Crippen molar-refractivity contribution in [3.8, 4) is 11.4 Å². The van der Waals surface area contributed by atoms with Crippen LogP contribution in [0.25, 0.3) is 22.4 Å². The Labute approximate surface area is 354 Å². The number of carbonyl (C=O) groups is 2. The van der Waals surface area contributed by atoms with Gasteiger partial charge in [-0.25, -0.2) is 34.1 Å². The highest BCUT2D eigenvalue weighted by Crippen LogP contribution is 2.24. The zero-order chi connectivity index (χ0) is 40.9. The molecule has 6 aromatic heterocycles. The van der Waals surface area contributed by atoms with E-state index in [9.17, 15) is 9.59 Å². The zero-order valence-electron chi connectivity index (χ0n) is 32.7. The van der Waals surface area contributed by atoms with E-state index in [1.165, 1.54) is 11.0 Å². The van der Waals surface area contributed by atoms with Crippen molar-refractivity contribution < 1.29 is 14.7 Å². The number of nitrogens with zero attached hydrogens (tertiary/aromatic N) is 12. The molecule has 10 rings (SSSR count). The lowest BCUT2D eigenvalue weighted by Crippen LogP contribution is -2.37. The second-order valence-corrected chi connectivity index (χ2v) is 14.4. The molecule has 0 spiro atoms. The minimum absolute atomic E-state index is 0. The smallest absolute Gasteiger partial charge is 0.375 e. The van der Waals surface area contributed by atoms with E-state index in [-0.39, 0.29) is 38.5 Å². The van der Waals surface area contributed by atoms with Crippen molar-refractivity contribution in [2.75, 3.05) is 36.0 Å². The van der Waals surface area contributed by atoms with Crippen LogP contribution in [-0.4, -0.2) is 104 Å². The number of amides is 1. The summed E-state index contributed by atoms with van der Waals surface area (Å²) in [7, 11) is 0. The minimum atomic E-state index is -1.12. The maximum absolute atomic E-state index is 12.7. The van der Waals surface area contributed by atoms with E-state index < -0.39 is 5.97 Å². The van der Waals surface area contributed by atoms with Crippen LogP contribution in [0.2, 0.25) is 0 Å². The number of nitrogens with one attached hydrogen (secondary N) is 1. The van der Waals surface area contributed by atoms with Crippen LogP contribution in [0.3, 0.4) is 0 Å². The average molecular weight is 825 g/mol. The monoisotopic (exact) mass is 824 g/mol. The lowest BCUT2D eigenvalue weighted by Gasteiger charge is -2.18. The first-order valence-electron chi connectivity index (χ1n) is 19.3. The van der Waals surface area contributed by atoms with E-state index in [0.29, 0.717) is 12.6 Å². The van der Waals surface area contributed by atoms with Gasteiger partial charge in [0.05, 0.1) is 22.4 Å². The summed E-state index contributed by atoms with van der Waals surface area (Å²) >= 11 is 0. The molecule has 2 atom stereocenters. The molecule has 8 aromatic rings. The topological polar surface area (TPSA) is 195 Å². The number of carbonyl (C=O) groups excluding carboxylic acids is 1. The standard InChI is InChI=1S/C21H21N7O.C11H14N4.C10H9N3O2.2CH4/c1-15-5-2-3-6-17(15)28-14-23-19(25-28)21(29)24-16-8-11-27(13-16)20-18-7-4-10-26(18)12-9-22-20;12-9-3-6-15(8-9)11-10-2-1-5-14(10)7-4-13-11;1-7-4-2-3-5-8(7)13-6-11-9(12-13)10(14)15;;/h2-7,9-10,12,14,16H,8,11,13H2,1H3,(H,24,29);1-2,4-5,7,9H,3,6,8,12H2;2-6H,1H3,(H,14,15);2*1H4/t16-;9-;;;/m00.../s1. The second kappa shape index (κ2) is 19.1. The van der Waals surface area contributed by atoms with Gasteiger partial charge in [-0.05, 0) is 74.2 Å². The van der Waals surface area contributed by atoms with Crippen LogP contribution in [-0.2, 0) is 0 Å².